The Kier molecular flexibility index (Phi) is 6.12. The lowest BCUT2D eigenvalue weighted by Crippen LogP contribution is -2.19. The van der Waals surface area contributed by atoms with E-state index in [4.69, 9.17) is 22.1 Å². The van der Waals surface area contributed by atoms with E-state index in [9.17, 15) is 0 Å². The van der Waals surface area contributed by atoms with E-state index in [0.29, 0.717) is 17.5 Å². The van der Waals surface area contributed by atoms with E-state index in [2.05, 4.69) is 5.10 Å². The molecule has 1 heterocycles. The van der Waals surface area contributed by atoms with E-state index in [1.165, 1.54) is 19.3 Å². The molecule has 4 nitrogen and oxygen atoms in total. The molecule has 3 rings (SSSR count). The summed E-state index contributed by atoms with van der Waals surface area (Å²) in [4.78, 5) is 0. The minimum absolute atomic E-state index is 0. The van der Waals surface area contributed by atoms with Gasteiger partial charge in [0.2, 0.25) is 0 Å². The summed E-state index contributed by atoms with van der Waals surface area (Å²) >= 11 is 6.32. The third kappa shape index (κ3) is 3.94. The van der Waals surface area contributed by atoms with Crippen molar-refractivity contribution in [3.05, 3.63) is 35.6 Å². The van der Waals surface area contributed by atoms with Gasteiger partial charge in [0.1, 0.15) is 5.75 Å². The van der Waals surface area contributed by atoms with Crippen LogP contribution in [-0.2, 0) is 6.54 Å². The van der Waals surface area contributed by atoms with Crippen molar-refractivity contribution in [3.63, 3.8) is 0 Å². The van der Waals surface area contributed by atoms with Crippen LogP contribution >= 0.6 is 24.0 Å². The molecule has 0 atom stereocenters. The summed E-state index contributed by atoms with van der Waals surface area (Å²) in [7, 11) is 0. The quantitative estimate of drug-likeness (QED) is 0.870. The third-order valence-corrected chi connectivity index (χ3v) is 4.25. The molecule has 0 radical (unpaired) electrons. The maximum Gasteiger partial charge on any atom is 0.137 e. The first kappa shape index (κ1) is 17.1. The fourth-order valence-corrected chi connectivity index (χ4v) is 2.67. The topological polar surface area (TPSA) is 53.1 Å². The van der Waals surface area contributed by atoms with Crippen molar-refractivity contribution in [2.24, 2.45) is 11.7 Å². The van der Waals surface area contributed by atoms with Gasteiger partial charge in [-0.3, -0.25) is 4.68 Å². The molecular formula is C16H21Cl2N3O. The van der Waals surface area contributed by atoms with Gasteiger partial charge in [0, 0.05) is 18.3 Å². The Labute approximate surface area is 142 Å². The fraction of sp³-hybridized carbons (Fsp3) is 0.438. The minimum Gasteiger partial charge on any atom is -0.492 e. The second-order valence-corrected chi connectivity index (χ2v) is 5.94. The van der Waals surface area contributed by atoms with Gasteiger partial charge in [-0.25, -0.2) is 0 Å². The van der Waals surface area contributed by atoms with Gasteiger partial charge in [0.25, 0.3) is 0 Å². The lowest BCUT2D eigenvalue weighted by atomic mass is 9.86. The lowest BCUT2D eigenvalue weighted by Gasteiger charge is -2.25. The van der Waals surface area contributed by atoms with Crippen LogP contribution in [0.15, 0.2) is 30.6 Å². The van der Waals surface area contributed by atoms with Gasteiger partial charge in [-0.2, -0.15) is 5.10 Å². The molecule has 2 N–H and O–H groups in total. The third-order valence-electron chi connectivity index (χ3n) is 3.96. The zero-order valence-corrected chi connectivity index (χ0v) is 13.9. The number of aromatic nitrogens is 2. The van der Waals surface area contributed by atoms with Crippen LogP contribution in [-0.4, -0.2) is 22.9 Å². The molecule has 1 aromatic carbocycles. The molecule has 22 heavy (non-hydrogen) atoms. The van der Waals surface area contributed by atoms with Crippen molar-refractivity contribution in [2.75, 3.05) is 13.2 Å². The Morgan fingerprint density at radius 2 is 2.14 bits per heavy atom. The maximum absolute atomic E-state index is 6.32. The average molecular weight is 342 g/mol. The summed E-state index contributed by atoms with van der Waals surface area (Å²) < 4.78 is 7.64. The molecule has 2 aromatic rings. The minimum atomic E-state index is 0. The number of rotatable bonds is 6. The number of ether oxygens (including phenoxy) is 1. The molecule has 0 saturated heterocycles. The van der Waals surface area contributed by atoms with Gasteiger partial charge in [0.15, 0.2) is 0 Å². The molecule has 1 saturated carbocycles. The number of hydrogen-bond acceptors (Lipinski definition) is 3. The molecule has 0 aliphatic heterocycles. The van der Waals surface area contributed by atoms with Crippen LogP contribution in [0.1, 0.15) is 19.3 Å². The second-order valence-electron chi connectivity index (χ2n) is 5.53. The van der Waals surface area contributed by atoms with Crippen molar-refractivity contribution in [2.45, 2.75) is 25.8 Å². The largest absolute Gasteiger partial charge is 0.492 e. The van der Waals surface area contributed by atoms with Gasteiger partial charge in [-0.15, -0.1) is 12.4 Å². The molecule has 6 heteroatoms. The summed E-state index contributed by atoms with van der Waals surface area (Å²) in [5.74, 6) is 1.47. The van der Waals surface area contributed by atoms with Crippen molar-refractivity contribution in [1.29, 1.82) is 0 Å². The summed E-state index contributed by atoms with van der Waals surface area (Å²) in [6.45, 7) is 2.07. The summed E-state index contributed by atoms with van der Waals surface area (Å²) in [6.07, 6.45) is 7.68. The summed E-state index contributed by atoms with van der Waals surface area (Å²) in [5.41, 5.74) is 7.61. The first-order valence-electron chi connectivity index (χ1n) is 7.41. The van der Waals surface area contributed by atoms with Crippen molar-refractivity contribution in [1.82, 2.24) is 9.78 Å². The highest BCUT2D eigenvalue weighted by molar-refractivity contribution is 6.32. The van der Waals surface area contributed by atoms with Crippen LogP contribution in [0.2, 0.25) is 5.02 Å². The van der Waals surface area contributed by atoms with Gasteiger partial charge in [-0.05, 0) is 36.5 Å². The molecule has 1 aliphatic rings. The Morgan fingerprint density at radius 1 is 1.32 bits per heavy atom. The van der Waals surface area contributed by atoms with Crippen LogP contribution in [0.3, 0.4) is 0 Å². The van der Waals surface area contributed by atoms with E-state index >= 15 is 0 Å². The second kappa shape index (κ2) is 7.86. The van der Waals surface area contributed by atoms with Crippen molar-refractivity contribution >= 4 is 24.0 Å². The van der Waals surface area contributed by atoms with Crippen molar-refractivity contribution in [3.8, 4) is 16.9 Å². The number of nitrogens with two attached hydrogens (primary N) is 1. The predicted octanol–water partition coefficient (Wildman–Crippen LogP) is 3.76. The van der Waals surface area contributed by atoms with E-state index in [1.54, 1.807) is 0 Å². The van der Waals surface area contributed by atoms with Gasteiger partial charge >= 0.3 is 0 Å². The molecule has 0 unspecified atom stereocenters. The molecule has 0 bridgehead atoms. The highest BCUT2D eigenvalue weighted by Gasteiger charge is 2.18. The zero-order chi connectivity index (χ0) is 14.7. The van der Waals surface area contributed by atoms with E-state index in [1.807, 2.05) is 35.3 Å². The number of nitrogens with zero attached hydrogens (tertiary/aromatic N) is 2. The average Bonchev–Trinajstić information content (AvgIpc) is 2.88. The Balaban J connectivity index is 0.00000176. The fourth-order valence-electron chi connectivity index (χ4n) is 2.43. The molecular weight excluding hydrogens is 321 g/mol. The van der Waals surface area contributed by atoms with Gasteiger partial charge in [0.05, 0.1) is 24.4 Å². The van der Waals surface area contributed by atoms with E-state index < -0.39 is 0 Å². The first-order valence-corrected chi connectivity index (χ1v) is 7.79. The highest BCUT2D eigenvalue weighted by Crippen LogP contribution is 2.32. The monoisotopic (exact) mass is 341 g/mol. The molecule has 0 spiro atoms. The highest BCUT2D eigenvalue weighted by atomic mass is 35.5. The number of halogens is 2. The standard InChI is InChI=1S/C16H20ClN3O.ClH/c17-15-8-13(14-9-19-20(10-14)7-6-18)4-5-16(15)21-11-12-2-1-3-12;/h4-5,8-10,12H,1-3,6-7,11,18H2;1H. The molecule has 120 valence electrons. The van der Waals surface area contributed by atoms with E-state index in [0.717, 1.165) is 30.0 Å². The molecule has 1 fully saturated rings. The van der Waals surface area contributed by atoms with Crippen LogP contribution in [0.25, 0.3) is 11.1 Å². The van der Waals surface area contributed by atoms with Gasteiger partial charge < -0.3 is 10.5 Å². The Bertz CT molecular complexity index is 611. The van der Waals surface area contributed by atoms with Crippen LogP contribution < -0.4 is 10.5 Å². The summed E-state index contributed by atoms with van der Waals surface area (Å²) in [5, 5.41) is 4.93. The molecule has 0 amide bonds. The Hall–Kier alpha value is -1.23. The van der Waals surface area contributed by atoms with Crippen LogP contribution in [0.4, 0.5) is 0 Å². The van der Waals surface area contributed by atoms with Gasteiger partial charge in [-0.1, -0.05) is 24.1 Å². The van der Waals surface area contributed by atoms with Crippen molar-refractivity contribution < 1.29 is 4.74 Å². The number of benzene rings is 1. The predicted molar refractivity (Wildman–Crippen MR) is 91.8 cm³/mol. The maximum atomic E-state index is 6.32. The van der Waals surface area contributed by atoms with E-state index in [-0.39, 0.29) is 12.4 Å². The van der Waals surface area contributed by atoms with Crippen LogP contribution in [0.5, 0.6) is 5.75 Å². The normalized spacial score (nSPS) is 14.3. The number of hydrogen-bond donors (Lipinski definition) is 1. The smallest absolute Gasteiger partial charge is 0.137 e. The first-order chi connectivity index (χ1) is 10.3. The Morgan fingerprint density at radius 3 is 2.77 bits per heavy atom. The zero-order valence-electron chi connectivity index (χ0n) is 12.4. The lowest BCUT2D eigenvalue weighted by molar-refractivity contribution is 0.181. The molecule has 1 aliphatic carbocycles. The summed E-state index contributed by atoms with van der Waals surface area (Å²) in [6, 6.07) is 5.89. The van der Waals surface area contributed by atoms with Crippen LogP contribution in [0, 0.1) is 5.92 Å². The molecule has 1 aromatic heterocycles. The SMILES string of the molecule is Cl.NCCn1cc(-c2ccc(OCC3CCC3)c(Cl)c2)cn1.